The molecule has 2 saturated heterocycles. The predicted molar refractivity (Wildman–Crippen MR) is 114 cm³/mol. The summed E-state index contributed by atoms with van der Waals surface area (Å²) in [6.45, 7) is 0.760. The van der Waals surface area contributed by atoms with Crippen molar-refractivity contribution >= 4 is 33.7 Å². The lowest BCUT2D eigenvalue weighted by molar-refractivity contribution is 0.0681. The van der Waals surface area contributed by atoms with E-state index in [1.54, 1.807) is 11.3 Å². The molecule has 0 aliphatic carbocycles. The third-order valence-corrected chi connectivity index (χ3v) is 7.94. The molecule has 2 fully saturated rings. The van der Waals surface area contributed by atoms with Crippen LogP contribution in [0.1, 0.15) is 30.1 Å². The molecule has 4 heteroatoms. The number of halogens is 1. The normalized spacial score (nSPS) is 27.9. The summed E-state index contributed by atoms with van der Waals surface area (Å²) in [4.78, 5) is 4.03. The van der Waals surface area contributed by atoms with E-state index in [1.165, 1.54) is 34.9 Å². The van der Waals surface area contributed by atoms with Crippen LogP contribution in [0.2, 0.25) is 4.34 Å². The minimum absolute atomic E-state index is 0.502. The molecule has 2 aliphatic heterocycles. The minimum Gasteiger partial charge on any atom is -0.493 e. The van der Waals surface area contributed by atoms with Crippen LogP contribution >= 0.6 is 22.9 Å². The van der Waals surface area contributed by atoms with Crippen LogP contribution in [-0.4, -0.2) is 30.6 Å². The fourth-order valence-corrected chi connectivity index (χ4v) is 6.42. The number of hydrogen-bond donors (Lipinski definition) is 0. The molecule has 2 nitrogen and oxygen atoms in total. The van der Waals surface area contributed by atoms with E-state index in [0.717, 1.165) is 16.7 Å². The molecule has 0 spiro atoms. The lowest BCUT2D eigenvalue weighted by Crippen LogP contribution is -2.47. The summed E-state index contributed by atoms with van der Waals surface area (Å²) in [5.41, 5.74) is 0. The largest absolute Gasteiger partial charge is 0.493 e. The molecular formula is C23H24ClNOS. The first-order chi connectivity index (χ1) is 13.2. The number of hydrogen-bond acceptors (Lipinski definition) is 3. The quantitative estimate of drug-likeness (QED) is 0.519. The highest BCUT2D eigenvalue weighted by atomic mass is 35.5. The zero-order valence-corrected chi connectivity index (χ0v) is 17.0. The van der Waals surface area contributed by atoms with Crippen molar-refractivity contribution in [1.29, 1.82) is 0 Å². The molecule has 0 amide bonds. The van der Waals surface area contributed by atoms with Gasteiger partial charge in [-0.15, -0.1) is 11.3 Å². The first-order valence-electron chi connectivity index (χ1n) is 9.78. The van der Waals surface area contributed by atoms with Crippen LogP contribution in [-0.2, 0) is 0 Å². The Bertz CT molecular complexity index is 949. The average Bonchev–Trinajstić information content (AvgIpc) is 3.21. The molecule has 4 atom stereocenters. The second-order valence-electron chi connectivity index (χ2n) is 7.90. The second kappa shape index (κ2) is 7.12. The van der Waals surface area contributed by atoms with Crippen molar-refractivity contribution in [3.63, 3.8) is 0 Å². The van der Waals surface area contributed by atoms with Gasteiger partial charge in [-0.05, 0) is 49.9 Å². The van der Waals surface area contributed by atoms with Gasteiger partial charge in [-0.25, -0.2) is 0 Å². The van der Waals surface area contributed by atoms with Gasteiger partial charge >= 0.3 is 0 Å². The highest BCUT2D eigenvalue weighted by Crippen LogP contribution is 2.48. The van der Waals surface area contributed by atoms with Crippen LogP contribution in [0.3, 0.4) is 0 Å². The van der Waals surface area contributed by atoms with Gasteiger partial charge in [0.1, 0.15) is 5.75 Å². The summed E-state index contributed by atoms with van der Waals surface area (Å²) in [5, 5.41) is 2.43. The van der Waals surface area contributed by atoms with Gasteiger partial charge in [0.2, 0.25) is 0 Å². The summed E-state index contributed by atoms with van der Waals surface area (Å²) in [6.07, 6.45) is 3.80. The zero-order chi connectivity index (χ0) is 18.4. The van der Waals surface area contributed by atoms with Gasteiger partial charge in [0.25, 0.3) is 0 Å². The van der Waals surface area contributed by atoms with Gasteiger partial charge < -0.3 is 9.64 Å². The van der Waals surface area contributed by atoms with E-state index in [-0.39, 0.29) is 0 Å². The first-order valence-corrected chi connectivity index (χ1v) is 11.0. The minimum atomic E-state index is 0.502. The number of piperidine rings is 1. The Morgan fingerprint density at radius 3 is 2.78 bits per heavy atom. The fourth-order valence-electron chi connectivity index (χ4n) is 5.17. The zero-order valence-electron chi connectivity index (χ0n) is 15.5. The third-order valence-electron chi connectivity index (χ3n) is 6.57. The fraction of sp³-hybridized carbons (Fsp3) is 0.391. The Hall–Kier alpha value is -1.55. The van der Waals surface area contributed by atoms with Crippen molar-refractivity contribution in [2.45, 2.75) is 37.3 Å². The molecule has 2 aromatic carbocycles. The highest BCUT2D eigenvalue weighted by Gasteiger charge is 2.46. The molecule has 1 aromatic heterocycles. The van der Waals surface area contributed by atoms with Gasteiger partial charge in [0.15, 0.2) is 0 Å². The molecule has 140 valence electrons. The van der Waals surface area contributed by atoms with Gasteiger partial charge in [-0.3, -0.25) is 0 Å². The van der Waals surface area contributed by atoms with Crippen molar-refractivity contribution in [1.82, 2.24) is 4.90 Å². The molecule has 2 aliphatic rings. The lowest BCUT2D eigenvalue weighted by atomic mass is 9.79. The standard InChI is InChI=1S/C23H24ClNOS/c1-25-16-9-10-20(25)19(18(13-16)22-11-12-23(24)27-22)14-26-21-8-4-6-15-5-2-3-7-17(15)21/h2-8,11-12,16,18-20H,9-10,13-14H2,1H3. The number of benzene rings is 2. The molecule has 3 aromatic rings. The molecule has 4 unspecified atom stereocenters. The SMILES string of the molecule is CN1C2CCC1C(COc1cccc3ccccc13)C(c1ccc(Cl)s1)C2. The Kier molecular flexibility index (Phi) is 4.63. The van der Waals surface area contributed by atoms with Gasteiger partial charge in [0, 0.05) is 34.2 Å². The Morgan fingerprint density at radius 2 is 1.93 bits per heavy atom. The van der Waals surface area contributed by atoms with E-state index in [9.17, 15) is 0 Å². The molecule has 3 heterocycles. The average molecular weight is 398 g/mol. The van der Waals surface area contributed by atoms with E-state index in [2.05, 4.69) is 60.5 Å². The van der Waals surface area contributed by atoms with Crippen LogP contribution in [0.5, 0.6) is 5.75 Å². The predicted octanol–water partition coefficient (Wildman–Crippen LogP) is 6.20. The monoisotopic (exact) mass is 397 g/mol. The smallest absolute Gasteiger partial charge is 0.127 e. The summed E-state index contributed by atoms with van der Waals surface area (Å²) in [7, 11) is 2.30. The Balaban J connectivity index is 1.43. The van der Waals surface area contributed by atoms with E-state index in [4.69, 9.17) is 16.3 Å². The van der Waals surface area contributed by atoms with E-state index < -0.39 is 0 Å². The Morgan fingerprint density at radius 1 is 1.07 bits per heavy atom. The summed E-state index contributed by atoms with van der Waals surface area (Å²) in [5.74, 6) is 2.05. The van der Waals surface area contributed by atoms with Crippen LogP contribution in [0.15, 0.2) is 54.6 Å². The molecule has 0 radical (unpaired) electrons. The van der Waals surface area contributed by atoms with Gasteiger partial charge in [-0.1, -0.05) is 48.0 Å². The van der Waals surface area contributed by atoms with Crippen LogP contribution in [0.4, 0.5) is 0 Å². The number of ether oxygens (including phenoxy) is 1. The number of fused-ring (bicyclic) bond motifs is 3. The van der Waals surface area contributed by atoms with Crippen molar-refractivity contribution in [3.05, 3.63) is 63.8 Å². The number of rotatable bonds is 4. The van der Waals surface area contributed by atoms with Crippen LogP contribution < -0.4 is 4.74 Å². The van der Waals surface area contributed by atoms with E-state index >= 15 is 0 Å². The number of nitrogens with zero attached hydrogens (tertiary/aromatic N) is 1. The lowest BCUT2D eigenvalue weighted by Gasteiger charge is -2.42. The topological polar surface area (TPSA) is 12.5 Å². The van der Waals surface area contributed by atoms with E-state index in [0.29, 0.717) is 23.9 Å². The summed E-state index contributed by atoms with van der Waals surface area (Å²) in [6, 6.07) is 20.4. The second-order valence-corrected chi connectivity index (χ2v) is 9.65. The molecule has 5 rings (SSSR count). The number of thiophene rings is 1. The van der Waals surface area contributed by atoms with Gasteiger partial charge in [0.05, 0.1) is 10.9 Å². The first kappa shape index (κ1) is 17.5. The summed E-state index contributed by atoms with van der Waals surface area (Å²) >= 11 is 8.01. The van der Waals surface area contributed by atoms with Crippen molar-refractivity contribution in [3.8, 4) is 5.75 Å². The maximum Gasteiger partial charge on any atom is 0.127 e. The Labute approximate surface area is 169 Å². The van der Waals surface area contributed by atoms with E-state index in [1.807, 2.05) is 6.07 Å². The van der Waals surface area contributed by atoms with Crippen LogP contribution in [0.25, 0.3) is 10.8 Å². The van der Waals surface area contributed by atoms with Crippen LogP contribution in [0, 0.1) is 5.92 Å². The molecule has 2 bridgehead atoms. The van der Waals surface area contributed by atoms with Gasteiger partial charge in [-0.2, -0.15) is 0 Å². The molecule has 0 N–H and O–H groups in total. The van der Waals surface area contributed by atoms with Crippen molar-refractivity contribution in [2.24, 2.45) is 5.92 Å². The maximum absolute atomic E-state index is 6.46. The molecule has 0 saturated carbocycles. The van der Waals surface area contributed by atoms with Crippen molar-refractivity contribution in [2.75, 3.05) is 13.7 Å². The summed E-state index contributed by atoms with van der Waals surface area (Å²) < 4.78 is 7.35. The molecule has 27 heavy (non-hydrogen) atoms. The third kappa shape index (κ3) is 3.16. The van der Waals surface area contributed by atoms with Crippen molar-refractivity contribution < 1.29 is 4.74 Å². The maximum atomic E-state index is 6.46. The highest BCUT2D eigenvalue weighted by molar-refractivity contribution is 7.16. The molecular weight excluding hydrogens is 374 g/mol.